The Morgan fingerprint density at radius 1 is 1.19 bits per heavy atom. The fourth-order valence-electron chi connectivity index (χ4n) is 3.89. The Labute approximate surface area is 126 Å². The molecule has 3 rings (SSSR count). The van der Waals surface area contributed by atoms with Gasteiger partial charge in [0.1, 0.15) is 0 Å². The molecule has 0 saturated heterocycles. The van der Waals surface area contributed by atoms with Crippen molar-refractivity contribution in [2.75, 3.05) is 26.9 Å². The molecule has 4 heteroatoms. The van der Waals surface area contributed by atoms with Crippen LogP contribution in [-0.2, 0) is 6.54 Å². The van der Waals surface area contributed by atoms with Crippen molar-refractivity contribution in [1.82, 2.24) is 9.80 Å². The van der Waals surface area contributed by atoms with Crippen LogP contribution < -0.4 is 5.73 Å². The molecule has 4 nitrogen and oxygen atoms in total. The molecule has 0 unspecified atom stereocenters. The highest BCUT2D eigenvalue weighted by molar-refractivity contribution is 6.03. The molecule has 0 aromatic heterocycles. The number of anilines is 1. The van der Waals surface area contributed by atoms with Gasteiger partial charge in [-0.3, -0.25) is 4.79 Å². The van der Waals surface area contributed by atoms with Crippen LogP contribution in [0.5, 0.6) is 0 Å². The Bertz CT molecular complexity index is 559. The molecule has 114 valence electrons. The van der Waals surface area contributed by atoms with Crippen molar-refractivity contribution >= 4 is 11.6 Å². The summed E-state index contributed by atoms with van der Waals surface area (Å²) in [5, 5.41) is 0. The van der Waals surface area contributed by atoms with Gasteiger partial charge in [0.05, 0.1) is 5.56 Å². The van der Waals surface area contributed by atoms with E-state index in [2.05, 4.69) is 25.1 Å². The van der Waals surface area contributed by atoms with Crippen LogP contribution in [0.3, 0.4) is 0 Å². The van der Waals surface area contributed by atoms with Crippen molar-refractivity contribution in [3.05, 3.63) is 28.8 Å². The molecule has 1 amide bonds. The Kier molecular flexibility index (Phi) is 3.66. The highest BCUT2D eigenvalue weighted by Gasteiger charge is 2.32. The van der Waals surface area contributed by atoms with E-state index in [1.807, 2.05) is 13.1 Å². The number of hydrogen-bond acceptors (Lipinski definition) is 3. The molecular weight excluding hydrogens is 262 g/mol. The zero-order valence-corrected chi connectivity index (χ0v) is 13.2. The highest BCUT2D eigenvalue weighted by atomic mass is 16.2. The fourth-order valence-corrected chi connectivity index (χ4v) is 3.89. The standard InChI is InChI=1S/C17H25N3O/c1-19(2)12-6-4-11(5-7-12)13-8-9-15(18)16-14(13)10-20(3)17(16)21/h8-9,11-12H,4-7,10,18H2,1-3H3. The lowest BCUT2D eigenvalue weighted by Crippen LogP contribution is -2.31. The van der Waals surface area contributed by atoms with Crippen molar-refractivity contribution in [2.45, 2.75) is 44.2 Å². The molecule has 2 aliphatic rings. The molecule has 2 N–H and O–H groups in total. The van der Waals surface area contributed by atoms with Crippen LogP contribution in [-0.4, -0.2) is 42.9 Å². The minimum atomic E-state index is 0.0753. The third-order valence-electron chi connectivity index (χ3n) is 5.20. The largest absolute Gasteiger partial charge is 0.398 e. The molecule has 1 aromatic carbocycles. The molecule has 1 heterocycles. The SMILES string of the molecule is CN1Cc2c(C3CCC(N(C)C)CC3)ccc(N)c2C1=O. The topological polar surface area (TPSA) is 49.6 Å². The molecule has 0 spiro atoms. The van der Waals surface area contributed by atoms with Gasteiger partial charge in [0.25, 0.3) is 5.91 Å². The van der Waals surface area contributed by atoms with Gasteiger partial charge in [-0.25, -0.2) is 0 Å². The van der Waals surface area contributed by atoms with E-state index in [4.69, 9.17) is 5.73 Å². The van der Waals surface area contributed by atoms with Crippen LogP contribution in [0.1, 0.15) is 53.1 Å². The van der Waals surface area contributed by atoms with Crippen LogP contribution >= 0.6 is 0 Å². The quantitative estimate of drug-likeness (QED) is 0.850. The lowest BCUT2D eigenvalue weighted by atomic mass is 9.79. The zero-order valence-electron chi connectivity index (χ0n) is 13.2. The Morgan fingerprint density at radius 2 is 1.86 bits per heavy atom. The summed E-state index contributed by atoms with van der Waals surface area (Å²) in [5.74, 6) is 0.654. The van der Waals surface area contributed by atoms with Gasteiger partial charge in [-0.2, -0.15) is 0 Å². The summed E-state index contributed by atoms with van der Waals surface area (Å²) in [6, 6.07) is 4.78. The Balaban J connectivity index is 1.87. The molecule has 0 atom stereocenters. The number of amides is 1. The van der Waals surface area contributed by atoms with Crippen LogP contribution in [0.25, 0.3) is 0 Å². The van der Waals surface area contributed by atoms with Gasteiger partial charge in [0.2, 0.25) is 0 Å². The lowest BCUT2D eigenvalue weighted by molar-refractivity contribution is 0.0817. The second kappa shape index (κ2) is 5.34. The zero-order chi connectivity index (χ0) is 15.1. The number of nitrogens with zero attached hydrogens (tertiary/aromatic N) is 2. The Morgan fingerprint density at radius 3 is 2.48 bits per heavy atom. The van der Waals surface area contributed by atoms with Gasteiger partial charge < -0.3 is 15.5 Å². The number of hydrogen-bond donors (Lipinski definition) is 1. The minimum Gasteiger partial charge on any atom is -0.398 e. The van der Waals surface area contributed by atoms with Crippen LogP contribution in [0.15, 0.2) is 12.1 Å². The molecule has 0 radical (unpaired) electrons. The second-order valence-electron chi connectivity index (χ2n) is 6.73. The number of nitrogens with two attached hydrogens (primary N) is 1. The summed E-state index contributed by atoms with van der Waals surface area (Å²) in [7, 11) is 6.19. The third kappa shape index (κ3) is 2.42. The average Bonchev–Trinajstić information content (AvgIpc) is 2.76. The van der Waals surface area contributed by atoms with E-state index in [-0.39, 0.29) is 5.91 Å². The van der Waals surface area contributed by atoms with Crippen LogP contribution in [0.4, 0.5) is 5.69 Å². The van der Waals surface area contributed by atoms with Crippen molar-refractivity contribution in [2.24, 2.45) is 0 Å². The van der Waals surface area contributed by atoms with E-state index >= 15 is 0 Å². The summed E-state index contributed by atoms with van der Waals surface area (Å²) >= 11 is 0. The van der Waals surface area contributed by atoms with E-state index in [0.29, 0.717) is 24.2 Å². The summed E-state index contributed by atoms with van der Waals surface area (Å²) < 4.78 is 0. The maximum atomic E-state index is 12.2. The first-order chi connectivity index (χ1) is 9.99. The average molecular weight is 287 g/mol. The molecular formula is C17H25N3O. The number of carbonyl (C=O) groups is 1. The van der Waals surface area contributed by atoms with E-state index in [9.17, 15) is 4.79 Å². The van der Waals surface area contributed by atoms with Gasteiger partial charge >= 0.3 is 0 Å². The van der Waals surface area contributed by atoms with Crippen LogP contribution in [0, 0.1) is 0 Å². The monoisotopic (exact) mass is 287 g/mol. The maximum absolute atomic E-state index is 12.2. The number of fused-ring (bicyclic) bond motifs is 1. The second-order valence-corrected chi connectivity index (χ2v) is 6.73. The van der Waals surface area contributed by atoms with Crippen LogP contribution in [0.2, 0.25) is 0 Å². The van der Waals surface area contributed by atoms with Gasteiger partial charge in [0, 0.05) is 25.3 Å². The number of rotatable bonds is 2. The molecule has 0 bridgehead atoms. The van der Waals surface area contributed by atoms with Gasteiger partial charge in [0.15, 0.2) is 0 Å². The molecule has 1 aromatic rings. The normalized spacial score (nSPS) is 25.5. The maximum Gasteiger partial charge on any atom is 0.256 e. The van der Waals surface area contributed by atoms with Gasteiger partial charge in [-0.05, 0) is 62.9 Å². The first-order valence-electron chi connectivity index (χ1n) is 7.82. The van der Waals surface area contributed by atoms with Crippen molar-refractivity contribution in [3.8, 4) is 0 Å². The van der Waals surface area contributed by atoms with Gasteiger partial charge in [-0.15, -0.1) is 0 Å². The van der Waals surface area contributed by atoms with Crippen molar-refractivity contribution < 1.29 is 4.79 Å². The minimum absolute atomic E-state index is 0.0753. The summed E-state index contributed by atoms with van der Waals surface area (Å²) in [4.78, 5) is 16.3. The molecule has 1 saturated carbocycles. The van der Waals surface area contributed by atoms with E-state index in [1.165, 1.54) is 36.8 Å². The summed E-state index contributed by atoms with van der Waals surface area (Å²) in [6.07, 6.45) is 4.88. The number of benzene rings is 1. The third-order valence-corrected chi connectivity index (χ3v) is 5.20. The van der Waals surface area contributed by atoms with E-state index in [0.717, 1.165) is 5.56 Å². The smallest absolute Gasteiger partial charge is 0.256 e. The number of carbonyl (C=O) groups excluding carboxylic acids is 1. The van der Waals surface area contributed by atoms with E-state index < -0.39 is 0 Å². The summed E-state index contributed by atoms with van der Waals surface area (Å²) in [5.41, 5.74) is 9.95. The molecule has 1 fully saturated rings. The predicted molar refractivity (Wildman–Crippen MR) is 85.3 cm³/mol. The fraction of sp³-hybridized carbons (Fsp3) is 0.588. The van der Waals surface area contributed by atoms with Crippen molar-refractivity contribution in [3.63, 3.8) is 0 Å². The van der Waals surface area contributed by atoms with Crippen molar-refractivity contribution in [1.29, 1.82) is 0 Å². The lowest BCUT2D eigenvalue weighted by Gasteiger charge is -2.33. The van der Waals surface area contributed by atoms with E-state index in [1.54, 1.807) is 4.90 Å². The predicted octanol–water partition coefficient (Wildman–Crippen LogP) is 2.44. The summed E-state index contributed by atoms with van der Waals surface area (Å²) in [6.45, 7) is 0.710. The highest BCUT2D eigenvalue weighted by Crippen LogP contribution is 2.40. The molecule has 1 aliphatic carbocycles. The first-order valence-corrected chi connectivity index (χ1v) is 7.82. The molecule has 21 heavy (non-hydrogen) atoms. The number of nitrogen functional groups attached to an aromatic ring is 1. The Hall–Kier alpha value is -1.55. The van der Waals surface area contributed by atoms with Gasteiger partial charge in [-0.1, -0.05) is 6.07 Å². The molecule has 1 aliphatic heterocycles. The first kappa shape index (κ1) is 14.4.